The summed E-state index contributed by atoms with van der Waals surface area (Å²) in [5.74, 6) is -1.64. The van der Waals surface area contributed by atoms with Crippen molar-refractivity contribution in [3.8, 4) is 0 Å². The van der Waals surface area contributed by atoms with Gasteiger partial charge in [0.25, 0.3) is 0 Å². The molecule has 0 aromatic carbocycles. The van der Waals surface area contributed by atoms with Gasteiger partial charge in [-0.1, -0.05) is 34.6 Å². The Morgan fingerprint density at radius 2 is 1.78 bits per heavy atom. The SMILES string of the molecule is CC(C)C(CNC(=O)CC(N)C(C)(C)C)C(=O)O. The number of hydrogen-bond acceptors (Lipinski definition) is 3. The molecular formula is C13H26N2O3. The quantitative estimate of drug-likeness (QED) is 0.668. The number of carboxylic acid groups (broad SMARTS) is 1. The third-order valence-electron chi connectivity index (χ3n) is 3.16. The Kier molecular flexibility index (Phi) is 6.32. The largest absolute Gasteiger partial charge is 0.481 e. The molecule has 5 heteroatoms. The lowest BCUT2D eigenvalue weighted by atomic mass is 9.85. The first-order chi connectivity index (χ1) is 8.05. The fourth-order valence-electron chi connectivity index (χ4n) is 1.41. The highest BCUT2D eigenvalue weighted by molar-refractivity contribution is 5.78. The van der Waals surface area contributed by atoms with Gasteiger partial charge >= 0.3 is 5.97 Å². The highest BCUT2D eigenvalue weighted by Gasteiger charge is 2.25. The Morgan fingerprint density at radius 3 is 2.11 bits per heavy atom. The molecule has 2 unspecified atom stereocenters. The summed E-state index contributed by atoms with van der Waals surface area (Å²) < 4.78 is 0. The Labute approximate surface area is 109 Å². The van der Waals surface area contributed by atoms with Crippen LogP contribution in [-0.2, 0) is 9.59 Å². The van der Waals surface area contributed by atoms with Crippen LogP contribution in [0.25, 0.3) is 0 Å². The third kappa shape index (κ3) is 6.00. The normalized spacial score (nSPS) is 15.3. The monoisotopic (exact) mass is 258 g/mol. The van der Waals surface area contributed by atoms with E-state index in [0.29, 0.717) is 0 Å². The first kappa shape index (κ1) is 16.9. The summed E-state index contributed by atoms with van der Waals surface area (Å²) >= 11 is 0. The molecule has 106 valence electrons. The van der Waals surface area contributed by atoms with Crippen LogP contribution in [0.1, 0.15) is 41.0 Å². The highest BCUT2D eigenvalue weighted by atomic mass is 16.4. The molecule has 5 nitrogen and oxygen atoms in total. The standard InChI is InChI=1S/C13H26N2O3/c1-8(2)9(12(17)18)7-15-11(16)6-10(14)13(3,4)5/h8-10H,6-7,14H2,1-5H3,(H,15,16)(H,17,18). The zero-order valence-electron chi connectivity index (χ0n) is 12.0. The molecule has 2 atom stereocenters. The molecule has 0 radical (unpaired) electrons. The van der Waals surface area contributed by atoms with Crippen LogP contribution in [0, 0.1) is 17.3 Å². The number of hydrogen-bond donors (Lipinski definition) is 3. The van der Waals surface area contributed by atoms with Gasteiger partial charge in [0, 0.05) is 19.0 Å². The van der Waals surface area contributed by atoms with E-state index in [-0.39, 0.29) is 36.2 Å². The van der Waals surface area contributed by atoms with Crippen LogP contribution in [0.15, 0.2) is 0 Å². The second kappa shape index (κ2) is 6.73. The van der Waals surface area contributed by atoms with Gasteiger partial charge < -0.3 is 16.2 Å². The van der Waals surface area contributed by atoms with Gasteiger partial charge in [0.2, 0.25) is 5.91 Å². The van der Waals surface area contributed by atoms with Crippen molar-refractivity contribution in [2.24, 2.45) is 23.0 Å². The Bertz CT molecular complexity index is 295. The van der Waals surface area contributed by atoms with Crippen LogP contribution in [-0.4, -0.2) is 29.6 Å². The number of aliphatic carboxylic acids is 1. The minimum absolute atomic E-state index is 0.0147. The maximum atomic E-state index is 11.7. The van der Waals surface area contributed by atoms with Gasteiger partial charge in [-0.05, 0) is 11.3 Å². The van der Waals surface area contributed by atoms with Crippen molar-refractivity contribution < 1.29 is 14.7 Å². The smallest absolute Gasteiger partial charge is 0.308 e. The van der Waals surface area contributed by atoms with Crippen molar-refractivity contribution in [1.82, 2.24) is 5.32 Å². The van der Waals surface area contributed by atoms with Crippen molar-refractivity contribution in [2.45, 2.75) is 47.1 Å². The molecular weight excluding hydrogens is 232 g/mol. The van der Waals surface area contributed by atoms with E-state index in [1.807, 2.05) is 34.6 Å². The molecule has 0 aliphatic rings. The van der Waals surface area contributed by atoms with Gasteiger partial charge in [0.1, 0.15) is 0 Å². The van der Waals surface area contributed by atoms with Crippen molar-refractivity contribution in [1.29, 1.82) is 0 Å². The highest BCUT2D eigenvalue weighted by Crippen LogP contribution is 2.19. The number of nitrogens with one attached hydrogen (secondary N) is 1. The van der Waals surface area contributed by atoms with Crippen LogP contribution >= 0.6 is 0 Å². The number of nitrogens with two attached hydrogens (primary N) is 1. The summed E-state index contributed by atoms with van der Waals surface area (Å²) in [6, 6.07) is -0.236. The average Bonchev–Trinajstić information content (AvgIpc) is 2.14. The summed E-state index contributed by atoms with van der Waals surface area (Å²) in [7, 11) is 0. The molecule has 0 saturated heterocycles. The number of carbonyl (C=O) groups excluding carboxylic acids is 1. The maximum absolute atomic E-state index is 11.7. The van der Waals surface area contributed by atoms with Crippen LogP contribution < -0.4 is 11.1 Å². The summed E-state index contributed by atoms with van der Waals surface area (Å²) in [5.41, 5.74) is 5.76. The van der Waals surface area contributed by atoms with E-state index < -0.39 is 11.9 Å². The van der Waals surface area contributed by atoms with Crippen LogP contribution in [0.4, 0.5) is 0 Å². The summed E-state index contributed by atoms with van der Waals surface area (Å²) in [5, 5.41) is 11.6. The number of rotatable bonds is 6. The summed E-state index contributed by atoms with van der Waals surface area (Å²) in [6.45, 7) is 9.72. The average molecular weight is 258 g/mol. The second-order valence-corrected chi connectivity index (χ2v) is 6.17. The summed E-state index contributed by atoms with van der Waals surface area (Å²) in [4.78, 5) is 22.6. The summed E-state index contributed by atoms with van der Waals surface area (Å²) in [6.07, 6.45) is 0.216. The minimum atomic E-state index is -0.884. The molecule has 18 heavy (non-hydrogen) atoms. The molecule has 0 rings (SSSR count). The van der Waals surface area contributed by atoms with Gasteiger partial charge in [-0.15, -0.1) is 0 Å². The van der Waals surface area contributed by atoms with E-state index in [4.69, 9.17) is 10.8 Å². The van der Waals surface area contributed by atoms with E-state index in [2.05, 4.69) is 5.32 Å². The molecule has 1 amide bonds. The number of carbonyl (C=O) groups is 2. The van der Waals surface area contributed by atoms with Crippen molar-refractivity contribution in [3.63, 3.8) is 0 Å². The molecule has 0 saturated carbocycles. The molecule has 4 N–H and O–H groups in total. The van der Waals surface area contributed by atoms with E-state index in [1.165, 1.54) is 0 Å². The van der Waals surface area contributed by atoms with Gasteiger partial charge in [0.15, 0.2) is 0 Å². The van der Waals surface area contributed by atoms with Crippen LogP contribution in [0.5, 0.6) is 0 Å². The molecule has 0 fully saturated rings. The lowest BCUT2D eigenvalue weighted by Gasteiger charge is -2.26. The Morgan fingerprint density at radius 1 is 1.28 bits per heavy atom. The topological polar surface area (TPSA) is 92.4 Å². The fourth-order valence-corrected chi connectivity index (χ4v) is 1.41. The first-order valence-electron chi connectivity index (χ1n) is 6.30. The molecule has 0 bridgehead atoms. The predicted molar refractivity (Wildman–Crippen MR) is 71.0 cm³/mol. The fraction of sp³-hybridized carbons (Fsp3) is 0.846. The third-order valence-corrected chi connectivity index (χ3v) is 3.16. The Hall–Kier alpha value is -1.10. The van der Waals surface area contributed by atoms with E-state index >= 15 is 0 Å². The van der Waals surface area contributed by atoms with Crippen LogP contribution in [0.2, 0.25) is 0 Å². The zero-order valence-corrected chi connectivity index (χ0v) is 12.0. The maximum Gasteiger partial charge on any atom is 0.308 e. The van der Waals surface area contributed by atoms with E-state index in [1.54, 1.807) is 0 Å². The molecule has 0 aliphatic carbocycles. The van der Waals surface area contributed by atoms with E-state index in [0.717, 1.165) is 0 Å². The van der Waals surface area contributed by atoms with Crippen molar-refractivity contribution >= 4 is 11.9 Å². The molecule has 0 aliphatic heterocycles. The van der Waals surface area contributed by atoms with Crippen molar-refractivity contribution in [2.75, 3.05) is 6.54 Å². The molecule has 0 heterocycles. The van der Waals surface area contributed by atoms with Gasteiger partial charge in [-0.2, -0.15) is 0 Å². The van der Waals surface area contributed by atoms with Crippen molar-refractivity contribution in [3.05, 3.63) is 0 Å². The zero-order chi connectivity index (χ0) is 14.5. The molecule has 0 aromatic heterocycles. The van der Waals surface area contributed by atoms with Gasteiger partial charge in [-0.25, -0.2) is 0 Å². The molecule has 0 spiro atoms. The minimum Gasteiger partial charge on any atom is -0.481 e. The lowest BCUT2D eigenvalue weighted by molar-refractivity contribution is -0.143. The number of amides is 1. The second-order valence-electron chi connectivity index (χ2n) is 6.17. The van der Waals surface area contributed by atoms with E-state index in [9.17, 15) is 9.59 Å². The van der Waals surface area contributed by atoms with Gasteiger partial charge in [-0.3, -0.25) is 9.59 Å². The van der Waals surface area contributed by atoms with Gasteiger partial charge in [0.05, 0.1) is 5.92 Å². The Balaban J connectivity index is 4.22. The number of carboxylic acids is 1. The molecule has 0 aromatic rings. The lowest BCUT2D eigenvalue weighted by Crippen LogP contribution is -2.42. The predicted octanol–water partition coefficient (Wildman–Crippen LogP) is 1.22. The first-order valence-corrected chi connectivity index (χ1v) is 6.30. The van der Waals surface area contributed by atoms with Crippen LogP contribution in [0.3, 0.4) is 0 Å².